The molecule has 1 fully saturated rings. The van der Waals surface area contributed by atoms with Gasteiger partial charge in [0.1, 0.15) is 0 Å². The second-order valence-corrected chi connectivity index (χ2v) is 8.71. The summed E-state index contributed by atoms with van der Waals surface area (Å²) in [6, 6.07) is 0.454. The molecule has 0 aromatic carbocycles. The summed E-state index contributed by atoms with van der Waals surface area (Å²) in [6.07, 6.45) is 10.5. The molecule has 3 heterocycles. The van der Waals surface area contributed by atoms with Crippen LogP contribution < -0.4 is 21.7 Å². The summed E-state index contributed by atoms with van der Waals surface area (Å²) in [6.45, 7) is 0. The Morgan fingerprint density at radius 1 is 1.34 bits per heavy atom. The Morgan fingerprint density at radius 2 is 2.07 bits per heavy atom. The van der Waals surface area contributed by atoms with Crippen molar-refractivity contribution in [3.8, 4) is 0 Å². The number of rotatable bonds is 1. The quantitative estimate of drug-likeness (QED) is 0.209. The summed E-state index contributed by atoms with van der Waals surface area (Å²) in [5, 5.41) is 8.43. The molecule has 3 amide bonds. The average molecular weight is 436 g/mol. The lowest BCUT2D eigenvalue weighted by molar-refractivity contribution is -0.138. The van der Waals surface area contributed by atoms with Gasteiger partial charge in [-0.25, -0.2) is 0 Å². The summed E-state index contributed by atoms with van der Waals surface area (Å²) < 4.78 is 6.87. The van der Waals surface area contributed by atoms with E-state index >= 15 is 0 Å². The van der Waals surface area contributed by atoms with E-state index in [1.54, 1.807) is 0 Å². The lowest BCUT2D eigenvalue weighted by Gasteiger charge is -2.40. The van der Waals surface area contributed by atoms with Crippen LogP contribution in [-0.2, 0) is 14.4 Å². The van der Waals surface area contributed by atoms with Crippen LogP contribution >= 0.6 is 20.7 Å². The lowest BCUT2D eigenvalue weighted by atomic mass is 9.94. The molecule has 9 nitrogen and oxygen atoms in total. The highest BCUT2D eigenvalue weighted by atomic mass is 32.2. The number of carbonyl (C=O) groups is 3. The molecule has 2 unspecified atom stereocenters. The van der Waals surface area contributed by atoms with E-state index in [1.807, 2.05) is 6.20 Å². The average Bonchev–Trinajstić information content (AvgIpc) is 3.23. The van der Waals surface area contributed by atoms with Gasteiger partial charge in [-0.3, -0.25) is 18.7 Å². The standard InChI is InChI=1S/C17H22N5O2PS.CH3NO/c1-18-15(23)16(24)20-14-12-9-25-17-11(7-8-19-17)13(12)22(26-21-14)10-5-3-2-4-6-10;2-1-3/h7-10,17,19,25H,2-6H2,1H3,(H,18,23)(H,20,21,24);1H,(H2,2,3). The maximum absolute atomic E-state index is 12.0. The largest absolute Gasteiger partial charge is 0.380 e. The molecular weight excluding hydrogens is 411 g/mol. The van der Waals surface area contributed by atoms with Crippen molar-refractivity contribution < 1.29 is 14.4 Å². The van der Waals surface area contributed by atoms with Gasteiger partial charge in [0.15, 0.2) is 5.84 Å². The van der Waals surface area contributed by atoms with Gasteiger partial charge in [-0.15, -0.1) is 0 Å². The smallest absolute Gasteiger partial charge is 0.314 e. The molecule has 0 saturated heterocycles. The minimum atomic E-state index is -0.686. The zero-order valence-electron chi connectivity index (χ0n) is 16.1. The molecular formula is C18H25N6O3PS. The van der Waals surface area contributed by atoms with Crippen molar-refractivity contribution in [2.24, 2.45) is 10.1 Å². The topological polar surface area (TPSA) is 129 Å². The molecule has 29 heavy (non-hydrogen) atoms. The summed E-state index contributed by atoms with van der Waals surface area (Å²) in [7, 11) is 2.00. The first-order chi connectivity index (χ1) is 14.1. The number of nitrogens with two attached hydrogens (primary N) is 1. The molecule has 156 valence electrons. The van der Waals surface area contributed by atoms with Gasteiger partial charge in [-0.1, -0.05) is 27.8 Å². The van der Waals surface area contributed by atoms with E-state index in [0.717, 1.165) is 24.1 Å². The summed E-state index contributed by atoms with van der Waals surface area (Å²) in [4.78, 5) is 32.2. The molecule has 4 rings (SSSR count). The van der Waals surface area contributed by atoms with E-state index < -0.39 is 11.8 Å². The van der Waals surface area contributed by atoms with E-state index in [9.17, 15) is 9.59 Å². The van der Waals surface area contributed by atoms with E-state index in [0.29, 0.717) is 26.2 Å². The number of likely N-dealkylation sites (N-methyl/N-ethyl adjacent to an activating group) is 1. The normalized spacial score (nSPS) is 23.6. The van der Waals surface area contributed by atoms with Crippen LogP contribution in [0.4, 0.5) is 0 Å². The maximum atomic E-state index is 12.0. The molecule has 0 spiro atoms. The molecule has 1 saturated carbocycles. The number of nitrogens with zero attached hydrogens (tertiary/aromatic N) is 2. The third-order valence-corrected chi connectivity index (χ3v) is 7.21. The highest BCUT2D eigenvalue weighted by Crippen LogP contribution is 2.47. The van der Waals surface area contributed by atoms with Crippen LogP contribution in [0.15, 0.2) is 39.3 Å². The first-order valence-corrected chi connectivity index (χ1v) is 11.4. The number of fused-ring (bicyclic) bond motifs is 2. The van der Waals surface area contributed by atoms with Crippen LogP contribution in [0.2, 0.25) is 0 Å². The van der Waals surface area contributed by atoms with Gasteiger partial charge >= 0.3 is 11.8 Å². The first kappa shape index (κ1) is 21.4. The molecule has 3 aliphatic heterocycles. The fourth-order valence-electron chi connectivity index (χ4n) is 3.70. The zero-order valence-corrected chi connectivity index (χ0v) is 17.9. The van der Waals surface area contributed by atoms with Gasteiger partial charge in [0.05, 0.1) is 23.6 Å². The predicted octanol–water partition coefficient (Wildman–Crippen LogP) is 0.833. The van der Waals surface area contributed by atoms with Crippen LogP contribution in [0.3, 0.4) is 0 Å². The van der Waals surface area contributed by atoms with Crippen LogP contribution in [-0.4, -0.2) is 47.2 Å². The van der Waals surface area contributed by atoms with Crippen molar-refractivity contribution in [3.63, 3.8) is 0 Å². The highest BCUT2D eigenvalue weighted by molar-refractivity contribution is 7.96. The molecule has 4 aliphatic rings. The first-order valence-electron chi connectivity index (χ1n) is 9.47. The van der Waals surface area contributed by atoms with Crippen molar-refractivity contribution in [2.75, 3.05) is 7.05 Å². The van der Waals surface area contributed by atoms with Gasteiger partial charge in [0.25, 0.3) is 0 Å². The number of carbonyl (C=O) groups excluding carboxylic acids is 3. The highest BCUT2D eigenvalue weighted by Gasteiger charge is 2.38. The maximum Gasteiger partial charge on any atom is 0.314 e. The lowest BCUT2D eigenvalue weighted by Crippen LogP contribution is -2.45. The zero-order chi connectivity index (χ0) is 20.8. The minimum Gasteiger partial charge on any atom is -0.380 e. The summed E-state index contributed by atoms with van der Waals surface area (Å²) in [5.41, 5.74) is 7.49. The Balaban J connectivity index is 0.000000755. The van der Waals surface area contributed by atoms with Gasteiger partial charge in [-0.2, -0.15) is 4.40 Å². The Bertz CT molecular complexity index is 803. The Labute approximate surface area is 175 Å². The number of primary amides is 1. The summed E-state index contributed by atoms with van der Waals surface area (Å²) >= 11 is 1.39. The second-order valence-electron chi connectivity index (χ2n) is 6.77. The number of hydrogen-bond acceptors (Lipinski definition) is 7. The van der Waals surface area contributed by atoms with E-state index in [4.69, 9.17) is 4.79 Å². The van der Waals surface area contributed by atoms with Crippen LogP contribution in [0, 0.1) is 0 Å². The molecule has 1 aliphatic carbocycles. The van der Waals surface area contributed by atoms with Crippen molar-refractivity contribution in [1.29, 1.82) is 0 Å². The van der Waals surface area contributed by atoms with Crippen molar-refractivity contribution >= 4 is 44.8 Å². The van der Waals surface area contributed by atoms with E-state index in [1.165, 1.54) is 44.0 Å². The SMILES string of the molecule is CNC(=O)C(=O)NC1=NSN(C2CCCCC2)C2=C3C=CNC3PC=C12.NC=O. The molecule has 5 N–H and O–H groups in total. The van der Waals surface area contributed by atoms with Gasteiger partial charge in [0.2, 0.25) is 6.41 Å². The van der Waals surface area contributed by atoms with Crippen LogP contribution in [0.5, 0.6) is 0 Å². The number of amides is 3. The number of nitrogens with one attached hydrogen (secondary N) is 3. The Kier molecular flexibility index (Phi) is 7.33. The molecule has 0 aromatic heterocycles. The van der Waals surface area contributed by atoms with Crippen molar-refractivity contribution in [1.82, 2.24) is 20.3 Å². The van der Waals surface area contributed by atoms with Crippen LogP contribution in [0.25, 0.3) is 0 Å². The van der Waals surface area contributed by atoms with E-state index in [2.05, 4.69) is 42.3 Å². The van der Waals surface area contributed by atoms with E-state index in [-0.39, 0.29) is 6.41 Å². The number of hydrogen-bond donors (Lipinski definition) is 4. The molecule has 0 bridgehead atoms. The third kappa shape index (κ3) is 4.64. The molecule has 2 atom stereocenters. The number of amidine groups is 1. The van der Waals surface area contributed by atoms with Crippen molar-refractivity contribution in [3.05, 3.63) is 34.9 Å². The minimum absolute atomic E-state index is 0.250. The fraction of sp³-hybridized carbons (Fsp3) is 0.444. The third-order valence-electron chi connectivity index (χ3n) is 5.03. The van der Waals surface area contributed by atoms with Crippen LogP contribution in [0.1, 0.15) is 32.1 Å². The van der Waals surface area contributed by atoms with Gasteiger partial charge in [-0.05, 0) is 30.9 Å². The van der Waals surface area contributed by atoms with Gasteiger partial charge < -0.3 is 21.7 Å². The molecule has 0 aromatic rings. The Hall–Kier alpha value is -2.32. The second kappa shape index (κ2) is 9.93. The van der Waals surface area contributed by atoms with Gasteiger partial charge in [0, 0.05) is 24.2 Å². The Morgan fingerprint density at radius 3 is 2.76 bits per heavy atom. The predicted molar refractivity (Wildman–Crippen MR) is 116 cm³/mol. The summed E-state index contributed by atoms with van der Waals surface area (Å²) in [5.74, 6) is 1.57. The fourth-order valence-corrected chi connectivity index (χ4v) is 5.85. The monoisotopic (exact) mass is 436 g/mol. The molecule has 0 radical (unpaired) electrons. The van der Waals surface area contributed by atoms with Crippen molar-refractivity contribution in [2.45, 2.75) is 43.9 Å². The molecule has 11 heteroatoms.